The van der Waals surface area contributed by atoms with E-state index in [1.165, 1.54) is 10.4 Å². The van der Waals surface area contributed by atoms with Crippen LogP contribution in [-0.4, -0.2) is 47.8 Å². The zero-order valence-electron chi connectivity index (χ0n) is 14.4. The highest BCUT2D eigenvalue weighted by Gasteiger charge is 2.26. The molecule has 1 aliphatic heterocycles. The second-order valence-electron chi connectivity index (χ2n) is 6.14. The highest BCUT2D eigenvalue weighted by atomic mass is 35.5. The van der Waals surface area contributed by atoms with Gasteiger partial charge in [0.15, 0.2) is 0 Å². The number of carbonyl (C=O) groups excluding carboxylic acids is 2. The number of rotatable bonds is 3. The first kappa shape index (κ1) is 18.0. The van der Waals surface area contributed by atoms with Crippen molar-refractivity contribution in [3.8, 4) is 0 Å². The van der Waals surface area contributed by atoms with Gasteiger partial charge in [0.25, 0.3) is 11.8 Å². The second-order valence-corrected chi connectivity index (χ2v) is 7.83. The third-order valence-corrected chi connectivity index (χ3v) is 5.85. The van der Waals surface area contributed by atoms with E-state index in [9.17, 15) is 9.59 Å². The summed E-state index contributed by atoms with van der Waals surface area (Å²) in [6.45, 7) is 6.36. The lowest BCUT2D eigenvalue weighted by atomic mass is 10.1. The monoisotopic (exact) mass is 376 g/mol. The predicted molar refractivity (Wildman–Crippen MR) is 102 cm³/mol. The number of piperazine rings is 1. The zero-order chi connectivity index (χ0) is 18.0. The van der Waals surface area contributed by atoms with Gasteiger partial charge in [0, 0.05) is 41.6 Å². The molecule has 3 rings (SSSR count). The highest BCUT2D eigenvalue weighted by molar-refractivity contribution is 7.14. The van der Waals surface area contributed by atoms with Crippen molar-refractivity contribution in [2.45, 2.75) is 20.3 Å². The minimum atomic E-state index is -0.0326. The average Bonchev–Trinajstić information content (AvgIpc) is 3.01. The van der Waals surface area contributed by atoms with Crippen molar-refractivity contribution in [1.82, 2.24) is 9.80 Å². The first-order valence-electron chi connectivity index (χ1n) is 8.43. The molecule has 0 spiro atoms. The van der Waals surface area contributed by atoms with Crippen molar-refractivity contribution < 1.29 is 9.59 Å². The SMILES string of the molecule is CCc1cc(C(=O)N2CCN(C(=O)c3cccc(Cl)c3)CC2)sc1C. The molecule has 2 heterocycles. The van der Waals surface area contributed by atoms with E-state index in [0.29, 0.717) is 36.8 Å². The van der Waals surface area contributed by atoms with Crippen LogP contribution in [0.1, 0.15) is 37.4 Å². The number of benzene rings is 1. The Morgan fingerprint density at radius 1 is 1.08 bits per heavy atom. The largest absolute Gasteiger partial charge is 0.335 e. The Bertz CT molecular complexity index is 794. The number of amides is 2. The van der Waals surface area contributed by atoms with Crippen LogP contribution in [0.3, 0.4) is 0 Å². The van der Waals surface area contributed by atoms with Gasteiger partial charge >= 0.3 is 0 Å². The molecule has 6 heteroatoms. The maximum Gasteiger partial charge on any atom is 0.264 e. The van der Waals surface area contributed by atoms with Gasteiger partial charge in [-0.2, -0.15) is 0 Å². The molecule has 1 saturated heterocycles. The number of nitrogens with zero attached hydrogens (tertiary/aromatic N) is 2. The molecule has 0 bridgehead atoms. The first-order chi connectivity index (χ1) is 12.0. The Balaban J connectivity index is 1.63. The molecule has 0 saturated carbocycles. The minimum absolute atomic E-state index is 0.0326. The van der Waals surface area contributed by atoms with Crippen LogP contribution >= 0.6 is 22.9 Å². The van der Waals surface area contributed by atoms with Gasteiger partial charge in [-0.25, -0.2) is 0 Å². The standard InChI is InChI=1S/C19H21ClN2O2S/c1-3-14-12-17(25-13(14)2)19(24)22-9-7-21(8-10-22)18(23)15-5-4-6-16(20)11-15/h4-6,11-12H,3,7-10H2,1-2H3. The molecule has 0 radical (unpaired) electrons. The molecular weight excluding hydrogens is 356 g/mol. The van der Waals surface area contributed by atoms with Crippen LogP contribution in [0.5, 0.6) is 0 Å². The maximum absolute atomic E-state index is 12.7. The fourth-order valence-corrected chi connectivity index (χ4v) is 4.32. The Hall–Kier alpha value is -1.85. The molecule has 1 aromatic heterocycles. The van der Waals surface area contributed by atoms with Crippen molar-refractivity contribution in [3.63, 3.8) is 0 Å². The number of thiophene rings is 1. The molecule has 2 amide bonds. The first-order valence-corrected chi connectivity index (χ1v) is 9.62. The Kier molecular flexibility index (Phi) is 5.45. The van der Waals surface area contributed by atoms with Crippen LogP contribution in [0.25, 0.3) is 0 Å². The van der Waals surface area contributed by atoms with E-state index in [0.717, 1.165) is 11.3 Å². The van der Waals surface area contributed by atoms with E-state index in [4.69, 9.17) is 11.6 Å². The summed E-state index contributed by atoms with van der Waals surface area (Å²) in [5.41, 5.74) is 1.83. The van der Waals surface area contributed by atoms with E-state index < -0.39 is 0 Å². The number of carbonyl (C=O) groups is 2. The van der Waals surface area contributed by atoms with Crippen LogP contribution in [0.15, 0.2) is 30.3 Å². The van der Waals surface area contributed by atoms with Crippen molar-refractivity contribution in [1.29, 1.82) is 0 Å². The van der Waals surface area contributed by atoms with Gasteiger partial charge < -0.3 is 9.80 Å². The summed E-state index contributed by atoms with van der Waals surface area (Å²) in [5.74, 6) is 0.0393. The van der Waals surface area contributed by atoms with Crippen molar-refractivity contribution in [3.05, 3.63) is 56.2 Å². The fraction of sp³-hybridized carbons (Fsp3) is 0.368. The van der Waals surface area contributed by atoms with E-state index in [-0.39, 0.29) is 11.8 Å². The molecule has 0 aliphatic carbocycles. The number of halogens is 1. The highest BCUT2D eigenvalue weighted by Crippen LogP contribution is 2.24. The van der Waals surface area contributed by atoms with E-state index in [1.54, 1.807) is 40.5 Å². The van der Waals surface area contributed by atoms with Gasteiger partial charge in [-0.15, -0.1) is 11.3 Å². The van der Waals surface area contributed by atoms with Crippen molar-refractivity contribution in [2.75, 3.05) is 26.2 Å². The van der Waals surface area contributed by atoms with Gasteiger partial charge in [0.2, 0.25) is 0 Å². The number of aryl methyl sites for hydroxylation is 2. The molecule has 0 unspecified atom stereocenters. The quantitative estimate of drug-likeness (QED) is 0.815. The van der Waals surface area contributed by atoms with Crippen LogP contribution in [0.4, 0.5) is 0 Å². The minimum Gasteiger partial charge on any atom is -0.335 e. The lowest BCUT2D eigenvalue weighted by Gasteiger charge is -2.34. The molecule has 1 aliphatic rings. The summed E-state index contributed by atoms with van der Waals surface area (Å²) in [6, 6.07) is 8.99. The third kappa shape index (κ3) is 3.88. The molecule has 25 heavy (non-hydrogen) atoms. The number of hydrogen-bond acceptors (Lipinski definition) is 3. The maximum atomic E-state index is 12.7. The van der Waals surface area contributed by atoms with Crippen LogP contribution in [0, 0.1) is 6.92 Å². The summed E-state index contributed by atoms with van der Waals surface area (Å²) < 4.78 is 0. The van der Waals surface area contributed by atoms with Gasteiger partial charge in [-0.05, 0) is 43.2 Å². The lowest BCUT2D eigenvalue weighted by molar-refractivity contribution is 0.0538. The van der Waals surface area contributed by atoms with Crippen LogP contribution in [-0.2, 0) is 6.42 Å². The van der Waals surface area contributed by atoms with E-state index >= 15 is 0 Å². The van der Waals surface area contributed by atoms with Crippen molar-refractivity contribution >= 4 is 34.8 Å². The van der Waals surface area contributed by atoms with Gasteiger partial charge in [-0.3, -0.25) is 9.59 Å². The summed E-state index contributed by atoms with van der Waals surface area (Å²) >= 11 is 7.52. The summed E-state index contributed by atoms with van der Waals surface area (Å²) in [7, 11) is 0. The predicted octanol–water partition coefficient (Wildman–Crippen LogP) is 3.87. The molecule has 2 aromatic rings. The number of hydrogen-bond donors (Lipinski definition) is 0. The van der Waals surface area contributed by atoms with Crippen LogP contribution in [0.2, 0.25) is 5.02 Å². The third-order valence-electron chi connectivity index (χ3n) is 4.54. The van der Waals surface area contributed by atoms with Gasteiger partial charge in [-0.1, -0.05) is 24.6 Å². The summed E-state index contributed by atoms with van der Waals surface area (Å²) in [4.78, 5) is 30.9. The van der Waals surface area contributed by atoms with Gasteiger partial charge in [0.1, 0.15) is 0 Å². The summed E-state index contributed by atoms with van der Waals surface area (Å²) in [5, 5.41) is 0.555. The zero-order valence-corrected chi connectivity index (χ0v) is 16.0. The molecule has 1 fully saturated rings. The Labute approximate surface area is 157 Å². The van der Waals surface area contributed by atoms with E-state index in [1.807, 2.05) is 11.0 Å². The Morgan fingerprint density at radius 3 is 2.28 bits per heavy atom. The molecule has 132 valence electrons. The lowest BCUT2D eigenvalue weighted by Crippen LogP contribution is -2.50. The smallest absolute Gasteiger partial charge is 0.264 e. The molecule has 1 aromatic carbocycles. The average molecular weight is 377 g/mol. The fourth-order valence-electron chi connectivity index (χ4n) is 3.05. The normalized spacial score (nSPS) is 14.7. The summed E-state index contributed by atoms with van der Waals surface area (Å²) in [6.07, 6.45) is 0.942. The van der Waals surface area contributed by atoms with Crippen LogP contribution < -0.4 is 0 Å². The Morgan fingerprint density at radius 2 is 1.72 bits per heavy atom. The van der Waals surface area contributed by atoms with Crippen molar-refractivity contribution in [2.24, 2.45) is 0 Å². The molecule has 4 nitrogen and oxygen atoms in total. The second kappa shape index (κ2) is 7.58. The molecular formula is C19H21ClN2O2S. The molecule has 0 atom stereocenters. The van der Waals surface area contributed by atoms with E-state index in [2.05, 4.69) is 13.8 Å². The molecule has 0 N–H and O–H groups in total. The van der Waals surface area contributed by atoms with Gasteiger partial charge in [0.05, 0.1) is 4.88 Å². The topological polar surface area (TPSA) is 40.6 Å².